The molecule has 1 saturated heterocycles. The summed E-state index contributed by atoms with van der Waals surface area (Å²) in [6.07, 6.45) is 1.85. The number of carbonyl (C=O) groups is 1. The highest BCUT2D eigenvalue weighted by molar-refractivity contribution is 7.92. The molecular formula is C17H23ClN2O3S2. The number of sulfone groups is 1. The smallest absolute Gasteiger partial charge is 0.244 e. The number of piperidine rings is 1. The van der Waals surface area contributed by atoms with Gasteiger partial charge < -0.3 is 10.2 Å². The Balaban J connectivity index is 0.00000225. The lowest BCUT2D eigenvalue weighted by Gasteiger charge is -2.37. The predicted octanol–water partition coefficient (Wildman–Crippen LogP) is 2.45. The number of amides is 1. The van der Waals surface area contributed by atoms with Gasteiger partial charge >= 0.3 is 0 Å². The molecular weight excluding hydrogens is 380 g/mol. The fourth-order valence-electron chi connectivity index (χ4n) is 3.40. The number of halogens is 1. The average molecular weight is 403 g/mol. The van der Waals surface area contributed by atoms with E-state index in [1.807, 2.05) is 23.6 Å². The van der Waals surface area contributed by atoms with Gasteiger partial charge in [0.05, 0.1) is 0 Å². The number of nitrogens with zero attached hydrogens (tertiary/aromatic N) is 1. The zero-order valence-electron chi connectivity index (χ0n) is 14.3. The highest BCUT2D eigenvalue weighted by Gasteiger charge is 2.49. The highest BCUT2D eigenvalue weighted by Crippen LogP contribution is 2.32. The number of carbonyl (C=O) groups excluding carboxylic acids is 1. The minimum atomic E-state index is -3.48. The van der Waals surface area contributed by atoms with Crippen molar-refractivity contribution in [1.29, 1.82) is 0 Å². The molecule has 1 N–H and O–H groups in total. The predicted molar refractivity (Wildman–Crippen MR) is 105 cm³/mol. The number of fused-ring (bicyclic) bond motifs is 1. The first-order valence-electron chi connectivity index (χ1n) is 7.96. The van der Waals surface area contributed by atoms with Crippen molar-refractivity contribution >= 4 is 49.6 Å². The summed E-state index contributed by atoms with van der Waals surface area (Å²) in [5.41, 5.74) is 1.06. The molecule has 5 nitrogen and oxygen atoms in total. The van der Waals surface area contributed by atoms with Gasteiger partial charge in [-0.05, 0) is 48.3 Å². The molecule has 1 amide bonds. The Morgan fingerprint density at radius 2 is 1.92 bits per heavy atom. The van der Waals surface area contributed by atoms with Gasteiger partial charge in [0, 0.05) is 24.5 Å². The summed E-state index contributed by atoms with van der Waals surface area (Å²) in [7, 11) is -1.78. The van der Waals surface area contributed by atoms with Crippen LogP contribution in [-0.2, 0) is 21.2 Å². The minimum absolute atomic E-state index is 0. The molecule has 0 spiro atoms. The summed E-state index contributed by atoms with van der Waals surface area (Å²) in [5.74, 6) is -0.290. The summed E-state index contributed by atoms with van der Waals surface area (Å²) < 4.78 is 24.7. The Bertz CT molecular complexity index is 858. The maximum atomic E-state index is 13.1. The molecule has 0 radical (unpaired) electrons. The molecule has 138 valence electrons. The molecule has 0 aliphatic carbocycles. The van der Waals surface area contributed by atoms with Gasteiger partial charge in [0.15, 0.2) is 14.6 Å². The molecule has 2 aromatic rings. The number of benzene rings is 1. The van der Waals surface area contributed by atoms with Gasteiger partial charge in [-0.2, -0.15) is 0 Å². The monoisotopic (exact) mass is 402 g/mol. The fraction of sp³-hybridized carbons (Fsp3) is 0.471. The Morgan fingerprint density at radius 3 is 2.56 bits per heavy atom. The molecule has 1 aromatic carbocycles. The summed E-state index contributed by atoms with van der Waals surface area (Å²) >= 11 is 1.64. The zero-order valence-corrected chi connectivity index (χ0v) is 16.8. The summed E-state index contributed by atoms with van der Waals surface area (Å²) in [6, 6.07) is 8.06. The Labute approximate surface area is 158 Å². The number of hydrogen-bond donors (Lipinski definition) is 1. The highest BCUT2D eigenvalue weighted by atomic mass is 35.5. The van der Waals surface area contributed by atoms with Crippen LogP contribution in [0, 0.1) is 0 Å². The molecule has 0 saturated carbocycles. The van der Waals surface area contributed by atoms with Crippen LogP contribution in [0.2, 0.25) is 0 Å². The molecule has 2 heterocycles. The van der Waals surface area contributed by atoms with E-state index in [0.29, 0.717) is 32.5 Å². The van der Waals surface area contributed by atoms with Crippen LogP contribution in [-0.4, -0.2) is 50.4 Å². The molecule has 1 fully saturated rings. The van der Waals surface area contributed by atoms with Crippen LogP contribution >= 0.6 is 23.7 Å². The van der Waals surface area contributed by atoms with Crippen LogP contribution in [0.3, 0.4) is 0 Å². The summed E-state index contributed by atoms with van der Waals surface area (Å²) in [6.45, 7) is 1.52. The second kappa shape index (κ2) is 7.61. The van der Waals surface area contributed by atoms with Gasteiger partial charge in [0.2, 0.25) is 5.91 Å². The number of nitrogens with one attached hydrogen (secondary N) is 1. The fourth-order valence-corrected chi connectivity index (χ4v) is 5.78. The van der Waals surface area contributed by atoms with Crippen LogP contribution < -0.4 is 5.32 Å². The lowest BCUT2D eigenvalue weighted by Crippen LogP contribution is -2.57. The standard InChI is InChI=1S/C17H22N2O3S2.ClH/c1-19(11-13-12-23-15-6-4-3-5-14(13)15)16(20)17(24(2,21)22)7-9-18-10-8-17;/h3-6,12,18H,7-11H2,1-2H3;1H. The number of rotatable bonds is 4. The first-order chi connectivity index (χ1) is 11.3. The van der Waals surface area contributed by atoms with E-state index in [1.165, 1.54) is 11.0 Å². The van der Waals surface area contributed by atoms with Crippen molar-refractivity contribution < 1.29 is 13.2 Å². The van der Waals surface area contributed by atoms with Crippen molar-refractivity contribution in [2.24, 2.45) is 0 Å². The van der Waals surface area contributed by atoms with E-state index in [2.05, 4.69) is 11.4 Å². The minimum Gasteiger partial charge on any atom is -0.340 e. The molecule has 1 aliphatic rings. The Hall–Kier alpha value is -1.15. The zero-order chi connectivity index (χ0) is 17.4. The van der Waals surface area contributed by atoms with E-state index >= 15 is 0 Å². The first-order valence-corrected chi connectivity index (χ1v) is 10.7. The van der Waals surface area contributed by atoms with E-state index in [1.54, 1.807) is 23.3 Å². The van der Waals surface area contributed by atoms with Crippen molar-refractivity contribution in [3.05, 3.63) is 35.2 Å². The third-order valence-corrected chi connectivity index (χ3v) is 7.84. The van der Waals surface area contributed by atoms with Crippen LogP contribution in [0.4, 0.5) is 0 Å². The normalized spacial score (nSPS) is 17.0. The van der Waals surface area contributed by atoms with Gasteiger partial charge in [0.25, 0.3) is 0 Å². The van der Waals surface area contributed by atoms with Crippen molar-refractivity contribution in [2.75, 3.05) is 26.4 Å². The topological polar surface area (TPSA) is 66.5 Å². The lowest BCUT2D eigenvalue weighted by atomic mass is 9.95. The van der Waals surface area contributed by atoms with Crippen LogP contribution in [0.25, 0.3) is 10.1 Å². The largest absolute Gasteiger partial charge is 0.340 e. The lowest BCUT2D eigenvalue weighted by molar-refractivity contribution is -0.134. The van der Waals surface area contributed by atoms with Crippen molar-refractivity contribution in [3.63, 3.8) is 0 Å². The molecule has 3 rings (SSSR count). The van der Waals surface area contributed by atoms with Crippen molar-refractivity contribution in [2.45, 2.75) is 24.1 Å². The maximum absolute atomic E-state index is 13.1. The van der Waals surface area contributed by atoms with E-state index in [4.69, 9.17) is 0 Å². The second-order valence-electron chi connectivity index (χ2n) is 6.43. The van der Waals surface area contributed by atoms with Crippen LogP contribution in [0.15, 0.2) is 29.6 Å². The van der Waals surface area contributed by atoms with Gasteiger partial charge in [-0.1, -0.05) is 18.2 Å². The molecule has 0 atom stereocenters. The Morgan fingerprint density at radius 1 is 1.28 bits per heavy atom. The van der Waals surface area contributed by atoms with E-state index in [-0.39, 0.29) is 18.3 Å². The first kappa shape index (κ1) is 20.2. The Kier molecular flexibility index (Phi) is 6.14. The average Bonchev–Trinajstić information content (AvgIpc) is 2.97. The molecule has 8 heteroatoms. The van der Waals surface area contributed by atoms with E-state index in [9.17, 15) is 13.2 Å². The van der Waals surface area contributed by atoms with Gasteiger partial charge in [0.1, 0.15) is 0 Å². The second-order valence-corrected chi connectivity index (χ2v) is 9.67. The van der Waals surface area contributed by atoms with E-state index < -0.39 is 14.6 Å². The van der Waals surface area contributed by atoms with Crippen molar-refractivity contribution in [1.82, 2.24) is 10.2 Å². The molecule has 0 bridgehead atoms. The third kappa shape index (κ3) is 3.69. The summed E-state index contributed by atoms with van der Waals surface area (Å²) in [5, 5.41) is 6.31. The molecule has 25 heavy (non-hydrogen) atoms. The number of thiophene rings is 1. The van der Waals surface area contributed by atoms with Crippen molar-refractivity contribution in [3.8, 4) is 0 Å². The molecule has 0 unspecified atom stereocenters. The van der Waals surface area contributed by atoms with Gasteiger partial charge in [-0.3, -0.25) is 4.79 Å². The molecule has 1 aliphatic heterocycles. The van der Waals surface area contributed by atoms with Gasteiger partial charge in [-0.15, -0.1) is 23.7 Å². The number of hydrogen-bond acceptors (Lipinski definition) is 5. The van der Waals surface area contributed by atoms with Gasteiger partial charge in [-0.25, -0.2) is 8.42 Å². The van der Waals surface area contributed by atoms with Crippen LogP contribution in [0.5, 0.6) is 0 Å². The quantitative estimate of drug-likeness (QED) is 0.852. The van der Waals surface area contributed by atoms with E-state index in [0.717, 1.165) is 10.9 Å². The van der Waals surface area contributed by atoms with Crippen LogP contribution in [0.1, 0.15) is 18.4 Å². The third-order valence-electron chi connectivity index (χ3n) is 4.83. The summed E-state index contributed by atoms with van der Waals surface area (Å²) in [4.78, 5) is 14.6. The molecule has 1 aromatic heterocycles. The maximum Gasteiger partial charge on any atom is 0.244 e. The SMILES string of the molecule is CN(Cc1csc2ccccc12)C(=O)C1(S(C)(=O)=O)CCNCC1.Cl.